The van der Waals surface area contributed by atoms with E-state index in [4.69, 9.17) is 11.6 Å². The Balaban J connectivity index is 1.68. The second kappa shape index (κ2) is 8.06. The number of halogens is 1. The van der Waals surface area contributed by atoms with Crippen molar-refractivity contribution in [1.82, 2.24) is 5.32 Å². The van der Waals surface area contributed by atoms with Gasteiger partial charge in [-0.3, -0.25) is 4.79 Å². The van der Waals surface area contributed by atoms with Crippen molar-refractivity contribution in [3.05, 3.63) is 34.9 Å². The minimum absolute atomic E-state index is 0.0433. The van der Waals surface area contributed by atoms with Gasteiger partial charge in [0.15, 0.2) is 0 Å². The van der Waals surface area contributed by atoms with Gasteiger partial charge in [-0.05, 0) is 30.5 Å². The lowest BCUT2D eigenvalue weighted by Gasteiger charge is -2.26. The Hall–Kier alpha value is -0.710. The highest BCUT2D eigenvalue weighted by atomic mass is 35.5. The molecule has 1 aromatic rings. The lowest BCUT2D eigenvalue weighted by atomic mass is 9.87. The van der Waals surface area contributed by atoms with Crippen LogP contribution in [0, 0.1) is 5.41 Å². The van der Waals surface area contributed by atoms with E-state index in [0.717, 1.165) is 42.0 Å². The first kappa shape index (κ1) is 16.7. The van der Waals surface area contributed by atoms with Crippen LogP contribution < -0.4 is 5.32 Å². The minimum atomic E-state index is -0.0761. The molecule has 1 aromatic carbocycles. The molecule has 0 atom stereocenters. The Morgan fingerprint density at radius 1 is 1.38 bits per heavy atom. The number of nitrogens with one attached hydrogen (secondary N) is 1. The fraction of sp³-hybridized carbons (Fsp3) is 0.562. The Labute approximate surface area is 135 Å². The summed E-state index contributed by atoms with van der Waals surface area (Å²) in [7, 11) is 0. The summed E-state index contributed by atoms with van der Waals surface area (Å²) in [4.78, 5) is 11.9. The number of amides is 1. The van der Waals surface area contributed by atoms with E-state index in [0.29, 0.717) is 12.3 Å². The van der Waals surface area contributed by atoms with Gasteiger partial charge in [-0.1, -0.05) is 36.6 Å². The molecule has 0 spiro atoms. The molecule has 21 heavy (non-hydrogen) atoms. The molecular formula is C16H22ClNO2S. The molecule has 5 heteroatoms. The van der Waals surface area contributed by atoms with Crippen LogP contribution in [0.5, 0.6) is 0 Å². The molecule has 1 aliphatic rings. The van der Waals surface area contributed by atoms with Crippen molar-refractivity contribution < 1.29 is 9.90 Å². The zero-order valence-corrected chi connectivity index (χ0v) is 13.7. The van der Waals surface area contributed by atoms with E-state index in [9.17, 15) is 9.90 Å². The average Bonchev–Trinajstić information content (AvgIpc) is 2.95. The summed E-state index contributed by atoms with van der Waals surface area (Å²) in [6.07, 6.45) is 4.33. The van der Waals surface area contributed by atoms with Crippen molar-refractivity contribution >= 4 is 29.3 Å². The molecule has 2 N–H and O–H groups in total. The number of carbonyl (C=O) groups is 1. The SMILES string of the molecule is O=C(CSCc1cccc(Cl)c1)NCC1(CO)CCCC1. The normalized spacial score (nSPS) is 16.9. The van der Waals surface area contributed by atoms with Gasteiger partial charge in [0, 0.05) is 22.7 Å². The number of rotatable bonds is 7. The van der Waals surface area contributed by atoms with Gasteiger partial charge in [-0.2, -0.15) is 0 Å². The monoisotopic (exact) mass is 327 g/mol. The van der Waals surface area contributed by atoms with Crippen LogP contribution in [0.1, 0.15) is 31.2 Å². The Morgan fingerprint density at radius 3 is 2.81 bits per heavy atom. The maximum absolute atomic E-state index is 11.9. The molecule has 2 rings (SSSR count). The van der Waals surface area contributed by atoms with Gasteiger partial charge in [0.25, 0.3) is 0 Å². The molecular weight excluding hydrogens is 306 g/mol. The van der Waals surface area contributed by atoms with E-state index in [1.165, 1.54) is 0 Å². The fourth-order valence-electron chi connectivity index (χ4n) is 2.74. The lowest BCUT2D eigenvalue weighted by molar-refractivity contribution is -0.119. The molecule has 0 aliphatic heterocycles. The predicted octanol–water partition coefficient (Wildman–Crippen LogP) is 3.24. The molecule has 0 radical (unpaired) electrons. The number of aliphatic hydroxyl groups is 1. The van der Waals surface area contributed by atoms with Crippen LogP contribution in [0.15, 0.2) is 24.3 Å². The lowest BCUT2D eigenvalue weighted by Crippen LogP contribution is -2.39. The van der Waals surface area contributed by atoms with E-state index >= 15 is 0 Å². The topological polar surface area (TPSA) is 49.3 Å². The number of carbonyl (C=O) groups excluding carboxylic acids is 1. The number of hydrogen-bond donors (Lipinski definition) is 2. The third-order valence-electron chi connectivity index (χ3n) is 4.05. The zero-order valence-electron chi connectivity index (χ0n) is 12.1. The highest BCUT2D eigenvalue weighted by molar-refractivity contribution is 7.99. The molecule has 0 bridgehead atoms. The molecule has 1 amide bonds. The van der Waals surface area contributed by atoms with Crippen LogP contribution >= 0.6 is 23.4 Å². The quantitative estimate of drug-likeness (QED) is 0.808. The molecule has 0 heterocycles. The molecule has 0 unspecified atom stereocenters. The summed E-state index contributed by atoms with van der Waals surface area (Å²) in [5.74, 6) is 1.26. The first-order valence-corrected chi connectivity index (χ1v) is 8.87. The second-order valence-electron chi connectivity index (χ2n) is 5.76. The van der Waals surface area contributed by atoms with E-state index < -0.39 is 0 Å². The summed E-state index contributed by atoms with van der Waals surface area (Å²) >= 11 is 7.51. The summed E-state index contributed by atoms with van der Waals surface area (Å²) < 4.78 is 0. The molecule has 0 aromatic heterocycles. The summed E-state index contributed by atoms with van der Waals surface area (Å²) in [5, 5.41) is 13.2. The molecule has 0 saturated heterocycles. The average molecular weight is 328 g/mol. The molecule has 3 nitrogen and oxygen atoms in total. The van der Waals surface area contributed by atoms with Gasteiger partial charge < -0.3 is 10.4 Å². The fourth-order valence-corrected chi connectivity index (χ4v) is 3.76. The van der Waals surface area contributed by atoms with Crippen molar-refractivity contribution in [2.24, 2.45) is 5.41 Å². The summed E-state index contributed by atoms with van der Waals surface area (Å²) in [5.41, 5.74) is 1.05. The highest BCUT2D eigenvalue weighted by Gasteiger charge is 2.33. The minimum Gasteiger partial charge on any atom is -0.396 e. The zero-order chi connectivity index (χ0) is 15.1. The third kappa shape index (κ3) is 5.20. The first-order chi connectivity index (χ1) is 10.1. The van der Waals surface area contributed by atoms with Crippen LogP contribution in [0.2, 0.25) is 5.02 Å². The van der Waals surface area contributed by atoms with Crippen molar-refractivity contribution in [3.8, 4) is 0 Å². The summed E-state index contributed by atoms with van der Waals surface area (Å²) in [6.45, 7) is 0.767. The molecule has 1 aliphatic carbocycles. The van der Waals surface area contributed by atoms with E-state index in [1.807, 2.05) is 24.3 Å². The smallest absolute Gasteiger partial charge is 0.230 e. The van der Waals surface area contributed by atoms with Crippen LogP contribution in [-0.4, -0.2) is 29.9 Å². The highest BCUT2D eigenvalue weighted by Crippen LogP contribution is 2.36. The Morgan fingerprint density at radius 2 is 2.14 bits per heavy atom. The Bertz CT molecular complexity index is 475. The van der Waals surface area contributed by atoms with Crippen LogP contribution in [-0.2, 0) is 10.5 Å². The first-order valence-electron chi connectivity index (χ1n) is 7.33. The maximum Gasteiger partial charge on any atom is 0.230 e. The summed E-state index contributed by atoms with van der Waals surface area (Å²) in [6, 6.07) is 7.70. The van der Waals surface area contributed by atoms with Crippen molar-refractivity contribution in [2.75, 3.05) is 18.9 Å². The largest absolute Gasteiger partial charge is 0.396 e. The molecule has 1 saturated carbocycles. The van der Waals surface area contributed by atoms with Crippen molar-refractivity contribution in [3.63, 3.8) is 0 Å². The van der Waals surface area contributed by atoms with Gasteiger partial charge >= 0.3 is 0 Å². The van der Waals surface area contributed by atoms with Crippen molar-refractivity contribution in [1.29, 1.82) is 0 Å². The van der Waals surface area contributed by atoms with Gasteiger partial charge in [0.05, 0.1) is 12.4 Å². The van der Waals surface area contributed by atoms with E-state index in [-0.39, 0.29) is 17.9 Å². The number of hydrogen-bond acceptors (Lipinski definition) is 3. The van der Waals surface area contributed by atoms with Crippen LogP contribution in [0.4, 0.5) is 0 Å². The third-order valence-corrected chi connectivity index (χ3v) is 5.29. The maximum atomic E-state index is 11.9. The van der Waals surface area contributed by atoms with Crippen molar-refractivity contribution in [2.45, 2.75) is 31.4 Å². The van der Waals surface area contributed by atoms with Gasteiger partial charge in [0.1, 0.15) is 0 Å². The Kier molecular flexibility index (Phi) is 6.40. The molecule has 116 valence electrons. The van der Waals surface area contributed by atoms with Gasteiger partial charge in [0.2, 0.25) is 5.91 Å². The van der Waals surface area contributed by atoms with Gasteiger partial charge in [-0.15, -0.1) is 11.8 Å². The molecule has 1 fully saturated rings. The standard InChI is InChI=1S/C16H22ClNO2S/c17-14-5-3-4-13(8-14)9-21-10-15(20)18-11-16(12-19)6-1-2-7-16/h3-5,8,19H,1-2,6-7,9-12H2,(H,18,20). The predicted molar refractivity (Wildman–Crippen MR) is 88.6 cm³/mol. The van der Waals surface area contributed by atoms with Crippen LogP contribution in [0.25, 0.3) is 0 Å². The van der Waals surface area contributed by atoms with E-state index in [1.54, 1.807) is 11.8 Å². The van der Waals surface area contributed by atoms with Crippen LogP contribution in [0.3, 0.4) is 0 Å². The number of benzene rings is 1. The van der Waals surface area contributed by atoms with E-state index in [2.05, 4.69) is 5.32 Å². The second-order valence-corrected chi connectivity index (χ2v) is 7.19. The number of thioether (sulfide) groups is 1. The van der Waals surface area contributed by atoms with Gasteiger partial charge in [-0.25, -0.2) is 0 Å². The number of aliphatic hydroxyl groups excluding tert-OH is 1.